The van der Waals surface area contributed by atoms with Gasteiger partial charge in [0.25, 0.3) is 0 Å². The van der Waals surface area contributed by atoms with Gasteiger partial charge in [-0.3, -0.25) is 10.4 Å². The fourth-order valence-corrected chi connectivity index (χ4v) is 3.20. The maximum absolute atomic E-state index is 11.1. The number of amides is 1. The molecule has 0 saturated carbocycles. The number of nitrogens with zero attached hydrogens (tertiary/aromatic N) is 2. The summed E-state index contributed by atoms with van der Waals surface area (Å²) in [6, 6.07) is 15.1. The van der Waals surface area contributed by atoms with E-state index >= 15 is 0 Å². The van der Waals surface area contributed by atoms with Crippen molar-refractivity contribution in [1.29, 1.82) is 0 Å². The first-order chi connectivity index (χ1) is 13.2. The molecule has 0 unspecified atom stereocenters. The molecule has 0 spiro atoms. The van der Waals surface area contributed by atoms with Crippen LogP contribution in [-0.4, -0.2) is 31.4 Å². The minimum absolute atomic E-state index is 0.221. The average Bonchev–Trinajstić information content (AvgIpc) is 3.40. The van der Waals surface area contributed by atoms with E-state index in [4.69, 9.17) is 9.52 Å². The fraction of sp³-hybridized carbons (Fsp3) is 0. The maximum atomic E-state index is 11.1. The lowest BCUT2D eigenvalue weighted by atomic mass is 10.0. The molecule has 0 fully saturated rings. The van der Waals surface area contributed by atoms with E-state index in [9.17, 15) is 4.79 Å². The third-order valence-corrected chi connectivity index (χ3v) is 4.34. The van der Waals surface area contributed by atoms with E-state index in [1.54, 1.807) is 6.26 Å². The van der Waals surface area contributed by atoms with Gasteiger partial charge in [0.05, 0.1) is 28.2 Å². The molecule has 4 N–H and O–H groups in total. The lowest BCUT2D eigenvalue weighted by Gasteiger charge is -2.06. The van der Waals surface area contributed by atoms with E-state index in [-0.39, 0.29) is 5.82 Å². The number of benzene rings is 2. The molecule has 0 aliphatic carbocycles. The van der Waals surface area contributed by atoms with Crippen molar-refractivity contribution in [2.75, 3.05) is 5.32 Å². The van der Waals surface area contributed by atoms with Crippen molar-refractivity contribution < 1.29 is 14.3 Å². The van der Waals surface area contributed by atoms with Gasteiger partial charge in [0, 0.05) is 11.1 Å². The van der Waals surface area contributed by atoms with Gasteiger partial charge in [0.1, 0.15) is 11.6 Å². The van der Waals surface area contributed by atoms with Crippen LogP contribution >= 0.6 is 0 Å². The number of H-pyrrole nitrogens is 2. The molecule has 0 saturated heterocycles. The van der Waals surface area contributed by atoms with Gasteiger partial charge in [0.15, 0.2) is 5.82 Å². The Morgan fingerprint density at radius 1 is 1.11 bits per heavy atom. The lowest BCUT2D eigenvalue weighted by molar-refractivity contribution is 0.209. The molecular weight excluding hydrogens is 346 g/mol. The second kappa shape index (κ2) is 5.73. The lowest BCUT2D eigenvalue weighted by Crippen LogP contribution is -2.08. The van der Waals surface area contributed by atoms with Crippen molar-refractivity contribution in [2.45, 2.75) is 0 Å². The van der Waals surface area contributed by atoms with Crippen LogP contribution in [0.5, 0.6) is 0 Å². The van der Waals surface area contributed by atoms with E-state index in [2.05, 4.69) is 25.5 Å². The van der Waals surface area contributed by atoms with Crippen molar-refractivity contribution in [2.24, 2.45) is 0 Å². The highest BCUT2D eigenvalue weighted by atomic mass is 16.4. The quantitative estimate of drug-likeness (QED) is 0.379. The van der Waals surface area contributed by atoms with Crippen LogP contribution in [0.25, 0.3) is 44.6 Å². The third kappa shape index (κ3) is 2.51. The van der Waals surface area contributed by atoms with Crippen molar-refractivity contribution in [3.63, 3.8) is 0 Å². The number of para-hydroxylation sites is 2. The average molecular weight is 359 g/mol. The summed E-state index contributed by atoms with van der Waals surface area (Å²) < 4.78 is 5.51. The first-order valence-electron chi connectivity index (χ1n) is 8.20. The molecule has 0 aliphatic rings. The summed E-state index contributed by atoms with van der Waals surface area (Å²) in [6.07, 6.45) is 0.416. The number of rotatable bonds is 3. The fourth-order valence-electron chi connectivity index (χ4n) is 3.20. The Morgan fingerprint density at radius 3 is 2.78 bits per heavy atom. The zero-order valence-corrected chi connectivity index (χ0v) is 13.9. The predicted octanol–water partition coefficient (Wildman–Crippen LogP) is 4.46. The number of hydrogen-bond donors (Lipinski definition) is 4. The monoisotopic (exact) mass is 359 g/mol. The minimum atomic E-state index is -1.19. The molecule has 5 aromatic rings. The van der Waals surface area contributed by atoms with Crippen LogP contribution < -0.4 is 5.32 Å². The zero-order valence-electron chi connectivity index (χ0n) is 13.9. The molecule has 8 heteroatoms. The van der Waals surface area contributed by atoms with Gasteiger partial charge < -0.3 is 14.5 Å². The number of anilines is 1. The zero-order chi connectivity index (χ0) is 18.4. The van der Waals surface area contributed by atoms with Gasteiger partial charge in [-0.25, -0.2) is 9.78 Å². The number of furan rings is 1. The van der Waals surface area contributed by atoms with Gasteiger partial charge in [-0.1, -0.05) is 12.1 Å². The highest BCUT2D eigenvalue weighted by molar-refractivity contribution is 6.06. The van der Waals surface area contributed by atoms with Crippen LogP contribution in [0, 0.1) is 0 Å². The highest BCUT2D eigenvalue weighted by Crippen LogP contribution is 2.36. The number of fused-ring (bicyclic) bond motifs is 2. The van der Waals surface area contributed by atoms with Crippen molar-refractivity contribution >= 4 is 33.8 Å². The molecule has 3 aromatic heterocycles. The maximum Gasteiger partial charge on any atom is 0.410 e. The van der Waals surface area contributed by atoms with Gasteiger partial charge in [-0.2, -0.15) is 5.10 Å². The Kier molecular flexibility index (Phi) is 3.23. The summed E-state index contributed by atoms with van der Waals surface area (Å²) in [7, 11) is 0. The SMILES string of the molecule is O=C(O)Nc1n[nH]c2cc(-c3ccco3)cc(-c3nc4ccccc4[nH]3)c12. The number of carboxylic acid groups (broad SMARTS) is 1. The van der Waals surface area contributed by atoms with Crippen LogP contribution in [0.15, 0.2) is 59.2 Å². The Labute approximate surface area is 151 Å². The normalized spacial score (nSPS) is 11.3. The summed E-state index contributed by atoms with van der Waals surface area (Å²) in [4.78, 5) is 19.1. The molecule has 2 aromatic carbocycles. The second-order valence-corrected chi connectivity index (χ2v) is 6.03. The first-order valence-corrected chi connectivity index (χ1v) is 8.20. The smallest absolute Gasteiger partial charge is 0.410 e. The molecule has 132 valence electrons. The van der Waals surface area contributed by atoms with Crippen LogP contribution in [-0.2, 0) is 0 Å². The van der Waals surface area contributed by atoms with Gasteiger partial charge >= 0.3 is 6.09 Å². The number of carbonyl (C=O) groups is 1. The summed E-state index contributed by atoms with van der Waals surface area (Å²) in [5.41, 5.74) is 3.92. The van der Waals surface area contributed by atoms with Crippen LogP contribution in [0.4, 0.5) is 10.6 Å². The van der Waals surface area contributed by atoms with Crippen molar-refractivity contribution in [3.05, 3.63) is 54.8 Å². The first kappa shape index (κ1) is 15.2. The van der Waals surface area contributed by atoms with Crippen LogP contribution in [0.3, 0.4) is 0 Å². The number of imidazole rings is 1. The molecule has 0 atom stereocenters. The largest absolute Gasteiger partial charge is 0.465 e. The van der Waals surface area contributed by atoms with Gasteiger partial charge in [-0.05, 0) is 36.4 Å². The summed E-state index contributed by atoms with van der Waals surface area (Å²) in [5, 5.41) is 19.1. The number of hydrogen-bond acceptors (Lipinski definition) is 4. The van der Waals surface area contributed by atoms with E-state index in [0.29, 0.717) is 28.1 Å². The Morgan fingerprint density at radius 2 is 2.00 bits per heavy atom. The van der Waals surface area contributed by atoms with Gasteiger partial charge in [-0.15, -0.1) is 0 Å². The Bertz CT molecular complexity index is 1250. The molecule has 0 bridgehead atoms. The molecule has 1 amide bonds. The molecule has 0 aliphatic heterocycles. The topological polar surface area (TPSA) is 120 Å². The summed E-state index contributed by atoms with van der Waals surface area (Å²) in [6.45, 7) is 0. The number of aromatic nitrogens is 4. The molecule has 27 heavy (non-hydrogen) atoms. The van der Waals surface area contributed by atoms with Crippen molar-refractivity contribution in [1.82, 2.24) is 20.2 Å². The Balaban J connectivity index is 1.81. The number of aromatic amines is 2. The van der Waals surface area contributed by atoms with Crippen LogP contribution in [0.2, 0.25) is 0 Å². The van der Waals surface area contributed by atoms with E-state index in [1.165, 1.54) is 0 Å². The Hall–Kier alpha value is -4.07. The minimum Gasteiger partial charge on any atom is -0.465 e. The molecule has 3 heterocycles. The molecule has 0 radical (unpaired) electrons. The summed E-state index contributed by atoms with van der Waals surface area (Å²) in [5.74, 6) is 1.53. The molecular formula is C19H13N5O3. The third-order valence-electron chi connectivity index (χ3n) is 4.34. The molecule has 5 rings (SSSR count). The summed E-state index contributed by atoms with van der Waals surface area (Å²) >= 11 is 0. The van der Waals surface area contributed by atoms with E-state index in [1.807, 2.05) is 48.5 Å². The number of nitrogens with one attached hydrogen (secondary N) is 3. The predicted molar refractivity (Wildman–Crippen MR) is 101 cm³/mol. The van der Waals surface area contributed by atoms with Crippen molar-refractivity contribution in [3.8, 4) is 22.7 Å². The van der Waals surface area contributed by atoms with Crippen LogP contribution in [0.1, 0.15) is 0 Å². The standard InChI is InChI=1S/C19H13N5O3/c25-19(26)22-18-16-11(17-20-12-4-1-2-5-13(12)21-17)8-10(9-14(16)23-24-18)15-6-3-7-27-15/h1-9H,(H,20,21)(H,25,26)(H2,22,23,24). The highest BCUT2D eigenvalue weighted by Gasteiger charge is 2.18. The molecule has 8 nitrogen and oxygen atoms in total. The van der Waals surface area contributed by atoms with Gasteiger partial charge in [0.2, 0.25) is 0 Å². The second-order valence-electron chi connectivity index (χ2n) is 6.03. The van der Waals surface area contributed by atoms with E-state index in [0.717, 1.165) is 16.6 Å². The van der Waals surface area contributed by atoms with E-state index < -0.39 is 6.09 Å².